The summed E-state index contributed by atoms with van der Waals surface area (Å²) in [5.74, 6) is 6.40. The second-order valence-electron chi connectivity index (χ2n) is 22.6. The van der Waals surface area contributed by atoms with Gasteiger partial charge in [-0.25, -0.2) is 15.0 Å². The predicted molar refractivity (Wildman–Crippen MR) is 475 cm³/mol. The number of aryl methyl sites for hydroxylation is 2. The highest BCUT2D eigenvalue weighted by Crippen LogP contribution is 2.38. The molecule has 30 heteroatoms. The fourth-order valence-electron chi connectivity index (χ4n) is 10.1. The third kappa shape index (κ3) is 36.3. The first-order valence-electron chi connectivity index (χ1n) is 32.3. The molecule has 0 unspecified atom stereocenters. The Balaban J connectivity index is 0. The third-order valence-electron chi connectivity index (χ3n) is 15.4. The van der Waals surface area contributed by atoms with Crippen molar-refractivity contribution in [3.8, 4) is 23.9 Å². The number of benzene rings is 5. The highest BCUT2D eigenvalue weighted by Gasteiger charge is 2.29. The van der Waals surface area contributed by atoms with Crippen molar-refractivity contribution in [3.63, 3.8) is 0 Å². The van der Waals surface area contributed by atoms with Gasteiger partial charge in [0.25, 0.3) is 0 Å². The average molecular weight is 1940 g/mol. The quantitative estimate of drug-likeness (QED) is 0.0454. The molecule has 3 aliphatic heterocycles. The number of aromatic nitrogens is 6. The van der Waals surface area contributed by atoms with E-state index < -0.39 is 5.91 Å². The highest BCUT2D eigenvalue weighted by atomic mass is 127. The van der Waals surface area contributed by atoms with Gasteiger partial charge in [0.2, 0.25) is 35.5 Å². The lowest BCUT2D eigenvalue weighted by molar-refractivity contribution is 0.1000. The fourth-order valence-corrected chi connectivity index (χ4v) is 12.8. The van der Waals surface area contributed by atoms with Crippen molar-refractivity contribution in [2.75, 3.05) is 145 Å². The summed E-state index contributed by atoms with van der Waals surface area (Å²) in [5, 5.41) is 18.3. The SMILES string of the molecule is C.C.CBr.CBr.CCl.CCl.CF.CF.CI.CI.CN(C)[C@@H]1CCN(c2ncc(Sc3ccc(C#N)cc3)c(Cl)n2)C1.Cc1cccc(COc2nc(N3CC[C@@H](N(C)C)C3)ncc2Sc2ccc(C#N)cc2)c1.Cc1cccc(COc2nc(N3CC[C@@H](N(C)C)C3)ncc2Sc2ccc(C(N)=O)cc2)c1. The largest absolute Gasteiger partial charge is 0.472 e. The van der Waals surface area contributed by atoms with Crippen molar-refractivity contribution in [3.05, 3.63) is 184 Å². The summed E-state index contributed by atoms with van der Waals surface area (Å²) in [5.41, 5.74) is 11.7. The molecule has 3 saturated heterocycles. The van der Waals surface area contributed by atoms with Gasteiger partial charge in [0.1, 0.15) is 18.4 Å². The Morgan fingerprint density at radius 1 is 0.533 bits per heavy atom. The maximum Gasteiger partial charge on any atom is 0.248 e. The highest BCUT2D eigenvalue weighted by molar-refractivity contribution is 14.1. The molecule has 107 heavy (non-hydrogen) atoms. The van der Waals surface area contributed by atoms with Crippen LogP contribution < -0.4 is 29.9 Å². The Morgan fingerprint density at radius 2 is 0.832 bits per heavy atom. The van der Waals surface area contributed by atoms with Crippen LogP contribution in [0.2, 0.25) is 5.15 Å². The molecule has 3 aromatic heterocycles. The van der Waals surface area contributed by atoms with Crippen LogP contribution in [0.1, 0.15) is 77.9 Å². The number of primary amides is 1. The molecule has 2 N–H and O–H groups in total. The van der Waals surface area contributed by atoms with Crippen molar-refractivity contribution in [1.82, 2.24) is 44.6 Å². The molecule has 18 nitrogen and oxygen atoms in total. The van der Waals surface area contributed by atoms with Crippen LogP contribution in [0.15, 0.2) is 169 Å². The maximum absolute atomic E-state index is 11.4. The monoisotopic (exact) mass is 1940 g/mol. The molecular weight excluding hydrogens is 1840 g/mol. The van der Waals surface area contributed by atoms with E-state index in [0.29, 0.717) is 97.1 Å². The standard InChI is InChI=1S/C25H29N5O2S.C25H27N5OS.C17H18ClN5S.2CH3Br.2CH3Cl.2CH3F.2CH3I.2CH4/c1-17-5-4-6-18(13-17)16-32-24-22(33-21-9-7-19(8-10-21)23(26)31)14-27-25(28-24)30-12-11-20(15-30)29(2)3;1-18-5-4-6-20(13-18)17-31-24-23(32-22-9-7-19(14-26)8-10-22)15-27-25(28-24)30-12-11-21(16-30)29(2)3;1-22(2)13-7-8-23(11-13)17-20-10-15(16(18)21-17)24-14-5-3-12(9-19)4-6-14;8*1-2;;/h4-10,13-14,20H,11-12,15-16H2,1-3H3,(H2,26,31);4-10,13,15,21H,11-12,16-17H2,1-3H3;3-6,10,13H,7-8,11H2,1-2H3;8*1H3;2*1H4/t20-;21-;13-;;;;;;;;;;/m111........../s1. The molecule has 11 rings (SSSR count). The van der Waals surface area contributed by atoms with Gasteiger partial charge >= 0.3 is 0 Å². The number of ether oxygens (including phenoxy) is 2. The summed E-state index contributed by atoms with van der Waals surface area (Å²) in [4.78, 5) is 62.0. The molecule has 5 aromatic carbocycles. The van der Waals surface area contributed by atoms with E-state index in [4.69, 9.17) is 47.3 Å². The van der Waals surface area contributed by atoms with Crippen LogP contribution >= 0.6 is 147 Å². The number of likely N-dealkylation sites (N-methyl/N-ethyl adjacent to an activating group) is 3. The number of hydrogen-bond acceptors (Lipinski definition) is 20. The molecule has 0 aliphatic carbocycles. The fraction of sp³-hybridized carbons (Fsp3) is 0.416. The number of anilines is 3. The third-order valence-corrected chi connectivity index (χ3v) is 18.8. The predicted octanol–water partition coefficient (Wildman–Crippen LogP) is 19.9. The Labute approximate surface area is 709 Å². The summed E-state index contributed by atoms with van der Waals surface area (Å²) in [7, 11) is 13.6. The smallest absolute Gasteiger partial charge is 0.248 e. The van der Waals surface area contributed by atoms with Crippen LogP contribution in [0.3, 0.4) is 0 Å². The van der Waals surface area contributed by atoms with Crippen LogP contribution in [-0.4, -0.2) is 199 Å². The van der Waals surface area contributed by atoms with Crippen molar-refractivity contribution in [2.24, 2.45) is 5.73 Å². The number of carbonyl (C=O) groups excluding carboxylic acids is 1. The molecule has 3 aliphatic rings. The van der Waals surface area contributed by atoms with Gasteiger partial charge in [0, 0.05) is 96.6 Å². The van der Waals surface area contributed by atoms with Crippen molar-refractivity contribution in [1.29, 1.82) is 10.5 Å². The van der Waals surface area contributed by atoms with Gasteiger partial charge in [-0.2, -0.15) is 25.5 Å². The van der Waals surface area contributed by atoms with E-state index >= 15 is 0 Å². The van der Waals surface area contributed by atoms with E-state index in [0.717, 1.165) is 99.0 Å². The van der Waals surface area contributed by atoms with E-state index in [1.54, 1.807) is 42.2 Å². The minimum absolute atomic E-state index is 0. The van der Waals surface area contributed by atoms with Gasteiger partial charge < -0.3 is 44.6 Å². The normalized spacial score (nSPS) is 13.9. The first-order chi connectivity index (χ1) is 51.0. The zero-order valence-electron chi connectivity index (χ0n) is 62.5. The number of amides is 1. The lowest BCUT2D eigenvalue weighted by Gasteiger charge is -2.21. The topological polar surface area (TPSA) is 206 Å². The van der Waals surface area contributed by atoms with Crippen LogP contribution in [0.25, 0.3) is 0 Å². The van der Waals surface area contributed by atoms with E-state index in [1.807, 2.05) is 101 Å². The molecule has 0 saturated carbocycles. The number of hydrogen-bond donors (Lipinski definition) is 1. The van der Waals surface area contributed by atoms with E-state index in [9.17, 15) is 13.6 Å². The molecule has 3 fully saturated rings. The van der Waals surface area contributed by atoms with Crippen molar-refractivity contribution < 1.29 is 23.0 Å². The Bertz CT molecular complexity index is 3820. The molecule has 0 radical (unpaired) electrons. The summed E-state index contributed by atoms with van der Waals surface area (Å²) >= 11 is 30.3. The van der Waals surface area contributed by atoms with Gasteiger partial charge in [-0.05, 0) is 181 Å². The summed E-state index contributed by atoms with van der Waals surface area (Å²) in [6.45, 7) is 10.5. The zero-order chi connectivity index (χ0) is 79.0. The number of nitrogens with zero attached hydrogens (tertiary/aromatic N) is 14. The number of alkyl halides is 8. The van der Waals surface area contributed by atoms with Crippen molar-refractivity contribution in [2.45, 2.75) is 109 Å². The number of nitriles is 2. The first kappa shape index (κ1) is 104. The average Bonchev–Trinajstić information content (AvgIpc) is 1.82. The van der Waals surface area contributed by atoms with Crippen molar-refractivity contribution >= 4 is 171 Å². The second kappa shape index (κ2) is 60.6. The van der Waals surface area contributed by atoms with Crippen LogP contribution in [0, 0.1) is 36.5 Å². The summed E-state index contributed by atoms with van der Waals surface area (Å²) in [6, 6.07) is 44.4. The van der Waals surface area contributed by atoms with E-state index in [2.05, 4.69) is 248 Å². The number of rotatable bonds is 19. The van der Waals surface area contributed by atoms with Gasteiger partial charge in [-0.15, -0.1) is 23.2 Å². The minimum Gasteiger partial charge on any atom is -0.472 e. The Morgan fingerprint density at radius 3 is 1.11 bits per heavy atom. The minimum atomic E-state index is -0.442. The van der Waals surface area contributed by atoms with Crippen LogP contribution in [0.5, 0.6) is 11.8 Å². The summed E-state index contributed by atoms with van der Waals surface area (Å²) < 4.78 is 31.4. The molecule has 8 aromatic rings. The van der Waals surface area contributed by atoms with E-state index in [-0.39, 0.29) is 14.9 Å². The second-order valence-corrected chi connectivity index (χ2v) is 26.3. The van der Waals surface area contributed by atoms with Crippen LogP contribution in [-0.2, 0) is 13.2 Å². The van der Waals surface area contributed by atoms with Gasteiger partial charge in [-0.1, -0.05) is 198 Å². The van der Waals surface area contributed by atoms with Crippen LogP contribution in [0.4, 0.5) is 26.6 Å². The molecule has 3 atom stereocenters. The van der Waals surface area contributed by atoms with Gasteiger partial charge in [0.05, 0.1) is 64.7 Å². The molecule has 1 amide bonds. The number of nitrogens with two attached hydrogens (primary N) is 1. The molecular formula is C77H106Br2Cl3F2I2N15O3S3. The lowest BCUT2D eigenvalue weighted by atomic mass is 10.1. The molecule has 588 valence electrons. The molecule has 0 spiro atoms. The van der Waals surface area contributed by atoms with Gasteiger partial charge in [0.15, 0.2) is 0 Å². The van der Waals surface area contributed by atoms with E-state index in [1.165, 1.54) is 47.4 Å². The molecule has 0 bridgehead atoms. The van der Waals surface area contributed by atoms with Gasteiger partial charge in [-0.3, -0.25) is 13.6 Å². The zero-order valence-corrected chi connectivity index (χ0v) is 74.7. The lowest BCUT2D eigenvalue weighted by Crippen LogP contribution is -2.32. The first-order valence-corrected chi connectivity index (χ1v) is 44.1. The number of carbonyl (C=O) groups is 1. The maximum atomic E-state index is 11.4. The summed E-state index contributed by atoms with van der Waals surface area (Å²) in [6.07, 6.45) is 11.7. The Kier molecular flexibility index (Phi) is 58.8. The number of halogens is 9. The Hall–Kier alpha value is -5.13. The molecule has 6 heterocycles.